The molecule has 1 aliphatic rings. The molecule has 3 nitrogen and oxygen atoms in total. The second-order valence-corrected chi connectivity index (χ2v) is 7.63. The summed E-state index contributed by atoms with van der Waals surface area (Å²) in [6.45, 7) is 6.88. The third-order valence-corrected chi connectivity index (χ3v) is 4.41. The fourth-order valence-corrected chi connectivity index (χ4v) is 3.56. The maximum Gasteiger partial charge on any atom is 0.265 e. The van der Waals surface area contributed by atoms with Crippen molar-refractivity contribution in [1.82, 2.24) is 10.9 Å². The average Bonchev–Trinajstić information content (AvgIpc) is 2.34. The number of halogens is 1. The van der Waals surface area contributed by atoms with Crippen molar-refractivity contribution < 1.29 is 4.79 Å². The van der Waals surface area contributed by atoms with Gasteiger partial charge in [0.1, 0.15) is 0 Å². The molecule has 0 aliphatic heterocycles. The number of nitrogens with one attached hydrogen (secondary N) is 2. The second kappa shape index (κ2) is 6.27. The normalized spacial score (nSPS) is 25.2. The maximum absolute atomic E-state index is 12.1. The number of carbonyl (C=O) groups excluding carboxylic acids is 1. The Morgan fingerprint density at radius 3 is 2.50 bits per heavy atom. The van der Waals surface area contributed by atoms with E-state index >= 15 is 0 Å². The predicted molar refractivity (Wildman–Crippen MR) is 85.3 cm³/mol. The Kier molecular flexibility index (Phi) is 4.86. The number of rotatable bonds is 3. The van der Waals surface area contributed by atoms with Crippen molar-refractivity contribution in [3.05, 3.63) is 34.3 Å². The first kappa shape index (κ1) is 15.5. The molecule has 2 rings (SSSR count). The molecular formula is C16H23BrN2O. The van der Waals surface area contributed by atoms with E-state index in [1.807, 2.05) is 24.3 Å². The van der Waals surface area contributed by atoms with Crippen molar-refractivity contribution in [3.63, 3.8) is 0 Å². The van der Waals surface area contributed by atoms with Crippen LogP contribution in [-0.4, -0.2) is 11.9 Å². The van der Waals surface area contributed by atoms with Crippen molar-refractivity contribution in [3.8, 4) is 0 Å². The molecule has 0 bridgehead atoms. The summed E-state index contributed by atoms with van der Waals surface area (Å²) in [4.78, 5) is 12.1. The van der Waals surface area contributed by atoms with Crippen LogP contribution in [0.15, 0.2) is 28.7 Å². The molecular weight excluding hydrogens is 316 g/mol. The first-order chi connectivity index (χ1) is 9.35. The Morgan fingerprint density at radius 2 is 1.90 bits per heavy atom. The van der Waals surface area contributed by atoms with Crippen molar-refractivity contribution >= 4 is 21.8 Å². The summed E-state index contributed by atoms with van der Waals surface area (Å²) < 4.78 is 0.977. The highest BCUT2D eigenvalue weighted by Crippen LogP contribution is 2.38. The van der Waals surface area contributed by atoms with Gasteiger partial charge in [-0.3, -0.25) is 10.2 Å². The summed E-state index contributed by atoms with van der Waals surface area (Å²) in [6, 6.07) is 7.73. The van der Waals surface area contributed by atoms with Gasteiger partial charge in [0.2, 0.25) is 0 Å². The molecule has 0 radical (unpaired) electrons. The third-order valence-electron chi connectivity index (χ3n) is 3.88. The molecule has 1 aliphatic carbocycles. The SMILES string of the molecule is C[C@@H]1C[C@H](NNC(=O)c2ccc(Br)cc2)CC(C)(C)C1. The fraction of sp³-hybridized carbons (Fsp3) is 0.562. The van der Waals surface area contributed by atoms with Crippen molar-refractivity contribution in [2.45, 2.75) is 46.1 Å². The lowest BCUT2D eigenvalue weighted by Gasteiger charge is -2.39. The Bertz CT molecular complexity index is 470. The highest BCUT2D eigenvalue weighted by Gasteiger charge is 2.32. The number of benzene rings is 1. The first-order valence-electron chi connectivity index (χ1n) is 7.17. The van der Waals surface area contributed by atoms with E-state index in [4.69, 9.17) is 0 Å². The van der Waals surface area contributed by atoms with Gasteiger partial charge in [-0.1, -0.05) is 36.7 Å². The van der Waals surface area contributed by atoms with E-state index < -0.39 is 0 Å². The van der Waals surface area contributed by atoms with Crippen LogP contribution < -0.4 is 10.9 Å². The van der Waals surface area contributed by atoms with E-state index in [1.165, 1.54) is 6.42 Å². The number of hydrogen-bond donors (Lipinski definition) is 2. The van der Waals surface area contributed by atoms with Crippen LogP contribution in [0.25, 0.3) is 0 Å². The van der Waals surface area contributed by atoms with Gasteiger partial charge in [0.15, 0.2) is 0 Å². The van der Waals surface area contributed by atoms with E-state index in [2.05, 4.69) is 47.6 Å². The minimum Gasteiger partial charge on any atom is -0.287 e. The Balaban J connectivity index is 1.88. The van der Waals surface area contributed by atoms with Gasteiger partial charge in [0.25, 0.3) is 5.91 Å². The van der Waals surface area contributed by atoms with Crippen molar-refractivity contribution in [1.29, 1.82) is 0 Å². The second-order valence-electron chi connectivity index (χ2n) is 6.72. The van der Waals surface area contributed by atoms with Crippen molar-refractivity contribution in [2.24, 2.45) is 11.3 Å². The minimum atomic E-state index is -0.0754. The van der Waals surface area contributed by atoms with Crippen LogP contribution in [-0.2, 0) is 0 Å². The van der Waals surface area contributed by atoms with Crippen LogP contribution >= 0.6 is 15.9 Å². The lowest BCUT2D eigenvalue weighted by atomic mass is 9.71. The molecule has 0 aromatic heterocycles. The quantitative estimate of drug-likeness (QED) is 0.820. The number of carbonyl (C=O) groups is 1. The van der Waals surface area contributed by atoms with Gasteiger partial charge in [-0.05, 0) is 54.9 Å². The molecule has 1 saturated carbocycles. The van der Waals surface area contributed by atoms with Gasteiger partial charge in [-0.2, -0.15) is 0 Å². The molecule has 20 heavy (non-hydrogen) atoms. The monoisotopic (exact) mass is 338 g/mol. The smallest absolute Gasteiger partial charge is 0.265 e. The highest BCUT2D eigenvalue weighted by atomic mass is 79.9. The molecule has 2 N–H and O–H groups in total. The molecule has 1 aromatic carbocycles. The molecule has 0 saturated heterocycles. The Morgan fingerprint density at radius 1 is 1.25 bits per heavy atom. The lowest BCUT2D eigenvalue weighted by Crippen LogP contribution is -2.48. The van der Waals surface area contributed by atoms with Crippen LogP contribution in [0.5, 0.6) is 0 Å². The summed E-state index contributed by atoms with van der Waals surface area (Å²) in [5.74, 6) is 0.620. The maximum atomic E-state index is 12.1. The van der Waals surface area contributed by atoms with Crippen molar-refractivity contribution in [2.75, 3.05) is 0 Å². The van der Waals surface area contributed by atoms with Crippen LogP contribution in [0, 0.1) is 11.3 Å². The van der Waals surface area contributed by atoms with Gasteiger partial charge >= 0.3 is 0 Å². The fourth-order valence-electron chi connectivity index (χ4n) is 3.30. The third kappa shape index (κ3) is 4.32. The van der Waals surface area contributed by atoms with Gasteiger partial charge in [-0.25, -0.2) is 5.43 Å². The Hall–Kier alpha value is -0.870. The number of amides is 1. The summed E-state index contributed by atoms with van der Waals surface area (Å²) in [6.07, 6.45) is 3.47. The minimum absolute atomic E-state index is 0.0754. The first-order valence-corrected chi connectivity index (χ1v) is 7.96. The zero-order valence-electron chi connectivity index (χ0n) is 12.4. The van der Waals surface area contributed by atoms with Gasteiger partial charge in [0, 0.05) is 16.1 Å². The van der Waals surface area contributed by atoms with E-state index in [9.17, 15) is 4.79 Å². The molecule has 0 unspecified atom stereocenters. The topological polar surface area (TPSA) is 41.1 Å². The molecule has 4 heteroatoms. The van der Waals surface area contributed by atoms with E-state index in [0.717, 1.165) is 17.3 Å². The molecule has 110 valence electrons. The highest BCUT2D eigenvalue weighted by molar-refractivity contribution is 9.10. The van der Waals surface area contributed by atoms with Crippen LogP contribution in [0.1, 0.15) is 50.4 Å². The van der Waals surface area contributed by atoms with Gasteiger partial charge in [0.05, 0.1) is 0 Å². The molecule has 0 heterocycles. The van der Waals surface area contributed by atoms with Crippen LogP contribution in [0.3, 0.4) is 0 Å². The standard InChI is InChI=1S/C16H23BrN2O/c1-11-8-14(10-16(2,3)9-11)18-19-15(20)12-4-6-13(17)7-5-12/h4-7,11,14,18H,8-10H2,1-3H3,(H,19,20)/t11-,14+/m1/s1. The van der Waals surface area contributed by atoms with Gasteiger partial charge < -0.3 is 0 Å². The predicted octanol–water partition coefficient (Wildman–Crippen LogP) is 3.90. The van der Waals surface area contributed by atoms with Crippen LogP contribution in [0.4, 0.5) is 0 Å². The number of hydrazine groups is 1. The average molecular weight is 339 g/mol. The number of hydrogen-bond acceptors (Lipinski definition) is 2. The molecule has 1 aromatic rings. The zero-order valence-corrected chi connectivity index (χ0v) is 14.0. The van der Waals surface area contributed by atoms with Gasteiger partial charge in [-0.15, -0.1) is 0 Å². The molecule has 1 amide bonds. The summed E-state index contributed by atoms with van der Waals surface area (Å²) in [7, 11) is 0. The summed E-state index contributed by atoms with van der Waals surface area (Å²) in [5.41, 5.74) is 7.07. The summed E-state index contributed by atoms with van der Waals surface area (Å²) >= 11 is 3.37. The molecule has 1 fully saturated rings. The van der Waals surface area contributed by atoms with Crippen LogP contribution in [0.2, 0.25) is 0 Å². The zero-order chi connectivity index (χ0) is 14.8. The van der Waals surface area contributed by atoms with E-state index in [0.29, 0.717) is 22.9 Å². The van der Waals surface area contributed by atoms with E-state index in [1.54, 1.807) is 0 Å². The largest absolute Gasteiger partial charge is 0.287 e. The lowest BCUT2D eigenvalue weighted by molar-refractivity contribution is 0.0883. The molecule has 0 spiro atoms. The Labute approximate surface area is 129 Å². The summed E-state index contributed by atoms with van der Waals surface area (Å²) in [5, 5.41) is 0. The molecule has 2 atom stereocenters. The van der Waals surface area contributed by atoms with E-state index in [-0.39, 0.29) is 5.91 Å².